The Labute approximate surface area is 341 Å². The minimum atomic E-state index is -1.15. The molecular formula is C48H77NO7. The van der Waals surface area contributed by atoms with Crippen molar-refractivity contribution >= 4 is 17.9 Å². The van der Waals surface area contributed by atoms with Crippen LogP contribution in [0.25, 0.3) is 0 Å². The Morgan fingerprint density at radius 3 is 1.48 bits per heavy atom. The van der Waals surface area contributed by atoms with E-state index in [4.69, 9.17) is 14.2 Å². The number of allylic oxidation sites excluding steroid dienone is 15. The van der Waals surface area contributed by atoms with Gasteiger partial charge >= 0.3 is 11.9 Å². The van der Waals surface area contributed by atoms with Crippen molar-refractivity contribution in [2.24, 2.45) is 0 Å². The molecule has 0 saturated heterocycles. The van der Waals surface area contributed by atoms with Gasteiger partial charge in [0.15, 0.2) is 6.10 Å². The van der Waals surface area contributed by atoms with E-state index >= 15 is 0 Å². The van der Waals surface area contributed by atoms with Gasteiger partial charge in [-0.1, -0.05) is 143 Å². The van der Waals surface area contributed by atoms with Crippen LogP contribution >= 0.6 is 0 Å². The third kappa shape index (κ3) is 35.9. The Balaban J connectivity index is 4.52. The summed E-state index contributed by atoms with van der Waals surface area (Å²) in [6.07, 6.45) is 50.3. The van der Waals surface area contributed by atoms with E-state index in [0.29, 0.717) is 12.8 Å². The van der Waals surface area contributed by atoms with E-state index in [1.807, 2.05) is 6.08 Å². The molecule has 0 aromatic carbocycles. The molecule has 0 aromatic heterocycles. The molecule has 0 heterocycles. The lowest BCUT2D eigenvalue weighted by Gasteiger charge is -2.34. The third-order valence-electron chi connectivity index (χ3n) is 8.75. The summed E-state index contributed by atoms with van der Waals surface area (Å²) in [6, 6.07) is -0.748. The van der Waals surface area contributed by atoms with Crippen LogP contribution in [0.4, 0.5) is 0 Å². The van der Waals surface area contributed by atoms with Crippen LogP contribution in [-0.4, -0.2) is 75.5 Å². The fraction of sp³-hybridized carbons (Fsp3) is 0.604. The van der Waals surface area contributed by atoms with Crippen LogP contribution < -0.4 is 5.11 Å². The zero-order valence-electron chi connectivity index (χ0n) is 35.8. The monoisotopic (exact) mass is 780 g/mol. The molecule has 316 valence electrons. The number of ether oxygens (including phenoxy) is 3. The predicted octanol–water partition coefficient (Wildman–Crippen LogP) is 10.2. The molecule has 0 radical (unpaired) electrons. The lowest BCUT2D eigenvalue weighted by atomic mass is 10.1. The van der Waals surface area contributed by atoms with E-state index in [9.17, 15) is 19.5 Å². The van der Waals surface area contributed by atoms with Gasteiger partial charge in [-0.2, -0.15) is 0 Å². The number of aliphatic carboxylic acids is 1. The molecule has 0 aromatic rings. The van der Waals surface area contributed by atoms with Gasteiger partial charge in [0.25, 0.3) is 0 Å². The van der Waals surface area contributed by atoms with E-state index in [1.54, 1.807) is 27.2 Å². The summed E-state index contributed by atoms with van der Waals surface area (Å²) in [5.41, 5.74) is 0. The lowest BCUT2D eigenvalue weighted by Crippen LogP contribution is -2.55. The van der Waals surface area contributed by atoms with Gasteiger partial charge in [0.05, 0.1) is 46.7 Å². The molecule has 0 amide bonds. The number of carbonyl (C=O) groups excluding carboxylic acids is 3. The lowest BCUT2D eigenvalue weighted by molar-refractivity contribution is -0.889. The van der Waals surface area contributed by atoms with E-state index in [0.717, 1.165) is 77.0 Å². The van der Waals surface area contributed by atoms with Crippen molar-refractivity contribution in [3.63, 3.8) is 0 Å². The molecule has 0 N–H and O–H groups in total. The molecule has 0 saturated carbocycles. The summed E-state index contributed by atoms with van der Waals surface area (Å²) in [7, 11) is 5.36. The third-order valence-corrected chi connectivity index (χ3v) is 8.75. The van der Waals surface area contributed by atoms with Crippen molar-refractivity contribution in [1.29, 1.82) is 0 Å². The molecule has 8 heteroatoms. The first-order valence-electron chi connectivity index (χ1n) is 21.3. The Kier molecular flexibility index (Phi) is 35.6. The molecule has 2 atom stereocenters. The quantitative estimate of drug-likeness (QED) is 0.0270. The molecule has 0 fully saturated rings. The summed E-state index contributed by atoms with van der Waals surface area (Å²) < 4.78 is 17.0. The first-order valence-corrected chi connectivity index (χ1v) is 21.3. The maximum Gasteiger partial charge on any atom is 0.310 e. The molecule has 2 unspecified atom stereocenters. The Bertz CT molecular complexity index is 1230. The number of carbonyl (C=O) groups is 3. The number of carboxylic acid groups (broad SMARTS) is 1. The van der Waals surface area contributed by atoms with Crippen LogP contribution in [0.15, 0.2) is 97.2 Å². The van der Waals surface area contributed by atoms with Crippen LogP contribution in [0.1, 0.15) is 136 Å². The Morgan fingerprint density at radius 1 is 0.554 bits per heavy atom. The summed E-state index contributed by atoms with van der Waals surface area (Å²) in [4.78, 5) is 36.8. The normalized spacial score (nSPS) is 13.9. The summed E-state index contributed by atoms with van der Waals surface area (Å²) in [6.45, 7) is 4.29. The summed E-state index contributed by atoms with van der Waals surface area (Å²) >= 11 is 0. The second-order valence-corrected chi connectivity index (χ2v) is 14.8. The number of hydrogen-bond acceptors (Lipinski definition) is 7. The number of esters is 2. The van der Waals surface area contributed by atoms with Crippen molar-refractivity contribution in [2.45, 2.75) is 148 Å². The number of carboxylic acids is 1. The SMILES string of the molecule is CC/C=C\C/C=C\C/C=C\C/C=C\C/C=C\CC(=O)OC(COCCC(C(=O)[O-])[N+](C)(C)C)COC(=O)CCCCCCCCC/C=C\C/C=C\C/C=C\CC. The molecule has 0 aliphatic rings. The zero-order valence-corrected chi connectivity index (χ0v) is 35.8. The zero-order chi connectivity index (χ0) is 41.4. The van der Waals surface area contributed by atoms with Gasteiger partial charge in [-0.25, -0.2) is 0 Å². The number of quaternary nitrogens is 1. The highest BCUT2D eigenvalue weighted by molar-refractivity contribution is 5.71. The van der Waals surface area contributed by atoms with Crippen molar-refractivity contribution in [1.82, 2.24) is 0 Å². The first kappa shape index (κ1) is 52.2. The molecule has 0 bridgehead atoms. The first-order chi connectivity index (χ1) is 27.1. The second kappa shape index (κ2) is 38.1. The second-order valence-electron chi connectivity index (χ2n) is 14.8. The number of rotatable bonds is 36. The van der Waals surface area contributed by atoms with Crippen LogP contribution in [0.3, 0.4) is 0 Å². The van der Waals surface area contributed by atoms with Gasteiger partial charge < -0.3 is 28.6 Å². The highest BCUT2D eigenvalue weighted by Gasteiger charge is 2.25. The van der Waals surface area contributed by atoms with Crippen LogP contribution in [0.2, 0.25) is 0 Å². The number of likely N-dealkylation sites (N-methyl/N-ethyl adjacent to an activating group) is 1. The van der Waals surface area contributed by atoms with Crippen molar-refractivity contribution in [3.8, 4) is 0 Å². The number of unbranched alkanes of at least 4 members (excludes halogenated alkanes) is 7. The number of nitrogens with zero attached hydrogens (tertiary/aromatic N) is 1. The molecule has 56 heavy (non-hydrogen) atoms. The van der Waals surface area contributed by atoms with Crippen LogP contribution in [0, 0.1) is 0 Å². The van der Waals surface area contributed by atoms with Gasteiger partial charge in [0.2, 0.25) is 0 Å². The van der Waals surface area contributed by atoms with Crippen molar-refractivity contribution < 1.29 is 38.2 Å². The fourth-order valence-electron chi connectivity index (χ4n) is 5.51. The maximum atomic E-state index is 12.6. The van der Waals surface area contributed by atoms with Gasteiger partial charge in [-0.3, -0.25) is 9.59 Å². The topological polar surface area (TPSA) is 102 Å². The molecule has 0 aliphatic heterocycles. The Hall–Kier alpha value is -3.75. The van der Waals surface area contributed by atoms with Crippen molar-refractivity contribution in [2.75, 3.05) is 41.0 Å². The van der Waals surface area contributed by atoms with E-state index in [1.165, 1.54) is 19.3 Å². The highest BCUT2D eigenvalue weighted by Crippen LogP contribution is 2.12. The summed E-state index contributed by atoms with van der Waals surface area (Å²) in [5, 5.41) is 11.6. The van der Waals surface area contributed by atoms with Crippen molar-refractivity contribution in [3.05, 3.63) is 97.2 Å². The van der Waals surface area contributed by atoms with Crippen LogP contribution in [0.5, 0.6) is 0 Å². The average Bonchev–Trinajstić information content (AvgIpc) is 3.15. The van der Waals surface area contributed by atoms with Gasteiger partial charge in [-0.15, -0.1) is 0 Å². The molecular weight excluding hydrogens is 703 g/mol. The molecule has 0 rings (SSSR count). The molecule has 8 nitrogen and oxygen atoms in total. The standard InChI is InChI=1S/C48H77NO7/c1-6-8-10-12-14-16-18-20-22-23-25-26-28-30-32-34-36-38-46(50)55-43-44(42-54-41-40-45(48(52)53)49(3,4)5)56-47(51)39-37-35-33-31-29-27-24-21-19-17-15-13-11-9-7-2/h8-11,14-17,20-22,24,29,31,35,37,44-45H,6-7,12-13,18-19,23,25-28,30,32-34,36,38-43H2,1-5H3/b10-8-,11-9-,16-14-,17-15-,22-20-,24-21-,31-29-,37-35-. The predicted molar refractivity (Wildman–Crippen MR) is 231 cm³/mol. The fourth-order valence-corrected chi connectivity index (χ4v) is 5.51. The van der Waals surface area contributed by atoms with Crippen LogP contribution in [-0.2, 0) is 28.6 Å². The molecule has 0 aliphatic carbocycles. The highest BCUT2D eigenvalue weighted by atomic mass is 16.6. The average molecular weight is 780 g/mol. The van der Waals surface area contributed by atoms with E-state index in [-0.39, 0.29) is 43.1 Å². The Morgan fingerprint density at radius 2 is 1.00 bits per heavy atom. The summed E-state index contributed by atoms with van der Waals surface area (Å²) in [5.74, 6) is -1.92. The van der Waals surface area contributed by atoms with Gasteiger partial charge in [0, 0.05) is 12.8 Å². The number of hydrogen-bond donors (Lipinski definition) is 0. The maximum absolute atomic E-state index is 12.6. The van der Waals surface area contributed by atoms with E-state index < -0.39 is 24.1 Å². The molecule has 0 spiro atoms. The van der Waals surface area contributed by atoms with Gasteiger partial charge in [0.1, 0.15) is 12.6 Å². The largest absolute Gasteiger partial charge is 0.544 e. The van der Waals surface area contributed by atoms with Gasteiger partial charge in [-0.05, 0) is 70.6 Å². The minimum absolute atomic E-state index is 0.00855. The van der Waals surface area contributed by atoms with E-state index in [2.05, 4.69) is 98.9 Å². The smallest absolute Gasteiger partial charge is 0.310 e. The minimum Gasteiger partial charge on any atom is -0.544 e.